The van der Waals surface area contributed by atoms with Crippen molar-refractivity contribution in [3.8, 4) is 6.07 Å². The molecule has 0 aliphatic carbocycles. The molecule has 0 spiro atoms. The van der Waals surface area contributed by atoms with Crippen LogP contribution in [0.5, 0.6) is 0 Å². The zero-order valence-electron chi connectivity index (χ0n) is 10.2. The Morgan fingerprint density at radius 1 is 1.42 bits per heavy atom. The van der Waals surface area contributed by atoms with Crippen LogP contribution in [0, 0.1) is 17.1 Å². The van der Waals surface area contributed by atoms with E-state index in [1.165, 1.54) is 36.4 Å². The van der Waals surface area contributed by atoms with Gasteiger partial charge in [-0.05, 0) is 30.3 Å². The van der Waals surface area contributed by atoms with Crippen molar-refractivity contribution in [2.75, 3.05) is 7.05 Å². The zero-order valence-corrected chi connectivity index (χ0v) is 10.2. The Kier molecular flexibility index (Phi) is 3.62. The average molecular weight is 258 g/mol. The lowest BCUT2D eigenvalue weighted by Gasteiger charge is -2.21. The highest BCUT2D eigenvalue weighted by molar-refractivity contribution is 5.94. The Balaban J connectivity index is 2.26. The van der Waals surface area contributed by atoms with E-state index in [0.29, 0.717) is 5.76 Å². The Labute approximate surface area is 109 Å². The summed E-state index contributed by atoms with van der Waals surface area (Å²) in [4.78, 5) is 13.4. The highest BCUT2D eigenvalue weighted by Crippen LogP contribution is 2.21. The summed E-state index contributed by atoms with van der Waals surface area (Å²) in [5, 5.41) is 9.14. The Morgan fingerprint density at radius 3 is 2.79 bits per heavy atom. The molecule has 1 aromatic heterocycles. The van der Waals surface area contributed by atoms with Crippen molar-refractivity contribution in [3.63, 3.8) is 0 Å². The molecule has 2 rings (SSSR count). The summed E-state index contributed by atoms with van der Waals surface area (Å²) in [6.07, 6.45) is 1.43. The van der Waals surface area contributed by atoms with Crippen LogP contribution in [0.1, 0.15) is 22.2 Å². The van der Waals surface area contributed by atoms with Crippen LogP contribution in [-0.4, -0.2) is 17.9 Å². The van der Waals surface area contributed by atoms with Crippen LogP contribution >= 0.6 is 0 Å². The predicted molar refractivity (Wildman–Crippen MR) is 65.6 cm³/mol. The summed E-state index contributed by atoms with van der Waals surface area (Å²) in [6, 6.07) is 9.74. The number of halogens is 1. The van der Waals surface area contributed by atoms with Crippen LogP contribution in [0.25, 0.3) is 0 Å². The second-order valence-corrected chi connectivity index (χ2v) is 3.97. The van der Waals surface area contributed by atoms with Crippen LogP contribution in [0.4, 0.5) is 4.39 Å². The maximum Gasteiger partial charge on any atom is 0.255 e. The molecule has 1 aromatic carbocycles. The van der Waals surface area contributed by atoms with Gasteiger partial charge in [-0.2, -0.15) is 5.26 Å². The number of nitriles is 1. The van der Waals surface area contributed by atoms with Gasteiger partial charge in [0.2, 0.25) is 0 Å². The van der Waals surface area contributed by atoms with Crippen LogP contribution in [-0.2, 0) is 0 Å². The number of hydrogen-bond donors (Lipinski definition) is 0. The van der Waals surface area contributed by atoms with Gasteiger partial charge in [-0.15, -0.1) is 0 Å². The van der Waals surface area contributed by atoms with Gasteiger partial charge < -0.3 is 9.32 Å². The summed E-state index contributed by atoms with van der Waals surface area (Å²) in [6.45, 7) is 0. The number of rotatable bonds is 3. The van der Waals surface area contributed by atoms with E-state index in [0.717, 1.165) is 6.07 Å². The Morgan fingerprint density at radius 2 is 2.21 bits per heavy atom. The average Bonchev–Trinajstić information content (AvgIpc) is 2.92. The molecule has 0 radical (unpaired) electrons. The summed E-state index contributed by atoms with van der Waals surface area (Å²) < 4.78 is 18.2. The molecule has 1 unspecified atom stereocenters. The third kappa shape index (κ3) is 2.63. The van der Waals surface area contributed by atoms with E-state index in [1.807, 2.05) is 6.07 Å². The fourth-order valence-corrected chi connectivity index (χ4v) is 1.73. The first-order valence-corrected chi connectivity index (χ1v) is 5.59. The van der Waals surface area contributed by atoms with Crippen molar-refractivity contribution in [2.24, 2.45) is 0 Å². The zero-order chi connectivity index (χ0) is 13.8. The fourth-order valence-electron chi connectivity index (χ4n) is 1.73. The minimum atomic E-state index is -0.842. The molecule has 4 nitrogen and oxygen atoms in total. The van der Waals surface area contributed by atoms with E-state index in [2.05, 4.69) is 0 Å². The van der Waals surface area contributed by atoms with Crippen LogP contribution in [0.15, 0.2) is 47.1 Å². The first kappa shape index (κ1) is 12.8. The number of hydrogen-bond acceptors (Lipinski definition) is 3. The number of carbonyl (C=O) groups is 1. The van der Waals surface area contributed by atoms with Gasteiger partial charge in [0.05, 0.1) is 12.3 Å². The minimum absolute atomic E-state index is 0.189. The summed E-state index contributed by atoms with van der Waals surface area (Å²) in [5.41, 5.74) is 0.189. The van der Waals surface area contributed by atoms with Gasteiger partial charge in [0, 0.05) is 12.6 Å². The molecule has 0 N–H and O–H groups in total. The van der Waals surface area contributed by atoms with E-state index in [1.54, 1.807) is 12.1 Å². The SMILES string of the molecule is CN(C(=O)c1cccc(F)c1)C(C#N)c1ccco1. The van der Waals surface area contributed by atoms with Gasteiger partial charge >= 0.3 is 0 Å². The monoisotopic (exact) mass is 258 g/mol. The fraction of sp³-hybridized carbons (Fsp3) is 0.143. The van der Waals surface area contributed by atoms with Crippen molar-refractivity contribution in [2.45, 2.75) is 6.04 Å². The smallest absolute Gasteiger partial charge is 0.255 e. The molecule has 1 atom stereocenters. The molecule has 19 heavy (non-hydrogen) atoms. The minimum Gasteiger partial charge on any atom is -0.466 e. The molecule has 0 saturated carbocycles. The van der Waals surface area contributed by atoms with Crippen LogP contribution < -0.4 is 0 Å². The van der Waals surface area contributed by atoms with Crippen molar-refractivity contribution >= 4 is 5.91 Å². The second kappa shape index (κ2) is 5.36. The normalized spacial score (nSPS) is 11.6. The molecule has 2 aromatic rings. The highest BCUT2D eigenvalue weighted by atomic mass is 19.1. The molecule has 1 amide bonds. The topological polar surface area (TPSA) is 57.2 Å². The molecule has 0 aliphatic rings. The summed E-state index contributed by atoms with van der Waals surface area (Å²) >= 11 is 0. The second-order valence-electron chi connectivity index (χ2n) is 3.97. The van der Waals surface area contributed by atoms with Crippen molar-refractivity contribution in [1.29, 1.82) is 5.26 Å². The molecule has 0 saturated heterocycles. The van der Waals surface area contributed by atoms with E-state index in [-0.39, 0.29) is 5.56 Å². The number of carbonyl (C=O) groups excluding carboxylic acids is 1. The summed E-state index contributed by atoms with van der Waals surface area (Å²) in [7, 11) is 1.48. The third-order valence-electron chi connectivity index (χ3n) is 2.71. The van der Waals surface area contributed by atoms with E-state index >= 15 is 0 Å². The number of furan rings is 1. The van der Waals surface area contributed by atoms with E-state index in [9.17, 15) is 9.18 Å². The van der Waals surface area contributed by atoms with Gasteiger partial charge in [-0.25, -0.2) is 4.39 Å². The lowest BCUT2D eigenvalue weighted by Crippen LogP contribution is -2.30. The summed E-state index contributed by atoms with van der Waals surface area (Å²) in [5.74, 6) is -0.567. The molecule has 0 bridgehead atoms. The van der Waals surface area contributed by atoms with Gasteiger partial charge in [-0.1, -0.05) is 6.07 Å². The lowest BCUT2D eigenvalue weighted by molar-refractivity contribution is 0.0750. The molecule has 0 aliphatic heterocycles. The number of benzene rings is 1. The van der Waals surface area contributed by atoms with Crippen LogP contribution in [0.3, 0.4) is 0 Å². The first-order valence-electron chi connectivity index (χ1n) is 5.59. The maximum absolute atomic E-state index is 13.1. The van der Waals surface area contributed by atoms with Crippen LogP contribution in [0.2, 0.25) is 0 Å². The number of nitrogens with zero attached hydrogens (tertiary/aromatic N) is 2. The molecule has 5 heteroatoms. The Hall–Kier alpha value is -2.61. The molecular formula is C14H11FN2O2. The van der Waals surface area contributed by atoms with Crippen molar-refractivity contribution < 1.29 is 13.6 Å². The predicted octanol–water partition coefficient (Wildman–Crippen LogP) is 2.76. The van der Waals surface area contributed by atoms with Crippen molar-refractivity contribution in [3.05, 3.63) is 59.8 Å². The van der Waals surface area contributed by atoms with Gasteiger partial charge in [0.25, 0.3) is 5.91 Å². The third-order valence-corrected chi connectivity index (χ3v) is 2.71. The Bertz CT molecular complexity index is 617. The standard InChI is InChI=1S/C14H11FN2O2/c1-17(12(9-16)13-6-3-7-19-13)14(18)10-4-2-5-11(15)8-10/h2-8,12H,1H3. The maximum atomic E-state index is 13.1. The van der Waals surface area contributed by atoms with Gasteiger partial charge in [0.15, 0.2) is 6.04 Å². The number of amides is 1. The van der Waals surface area contributed by atoms with Gasteiger partial charge in [0.1, 0.15) is 11.6 Å². The first-order chi connectivity index (χ1) is 9.13. The van der Waals surface area contributed by atoms with Gasteiger partial charge in [-0.3, -0.25) is 4.79 Å². The molecular weight excluding hydrogens is 247 g/mol. The quantitative estimate of drug-likeness (QED) is 0.850. The van der Waals surface area contributed by atoms with E-state index in [4.69, 9.17) is 9.68 Å². The highest BCUT2D eigenvalue weighted by Gasteiger charge is 2.24. The molecule has 0 fully saturated rings. The largest absolute Gasteiger partial charge is 0.466 e. The lowest BCUT2D eigenvalue weighted by atomic mass is 10.1. The van der Waals surface area contributed by atoms with E-state index < -0.39 is 17.8 Å². The molecule has 96 valence electrons. The molecule has 1 heterocycles. The van der Waals surface area contributed by atoms with Crippen molar-refractivity contribution in [1.82, 2.24) is 4.90 Å².